The summed E-state index contributed by atoms with van der Waals surface area (Å²) >= 11 is 0. The largest absolute Gasteiger partial charge is 0.496 e. The van der Waals surface area contributed by atoms with Gasteiger partial charge in [-0.15, -0.1) is 5.53 Å². The van der Waals surface area contributed by atoms with Crippen molar-refractivity contribution in [3.63, 3.8) is 0 Å². The first-order chi connectivity index (χ1) is 13.5. The van der Waals surface area contributed by atoms with Crippen molar-refractivity contribution in [1.82, 2.24) is 20.8 Å². The van der Waals surface area contributed by atoms with Crippen molar-refractivity contribution in [2.75, 3.05) is 25.7 Å². The molecule has 0 atom stereocenters. The first-order valence-electron chi connectivity index (χ1n) is 9.01. The Morgan fingerprint density at radius 2 is 2.14 bits per heavy atom. The molecule has 0 radical (unpaired) electrons. The molecule has 1 aliphatic heterocycles. The molecule has 2 N–H and O–H groups in total. The van der Waals surface area contributed by atoms with Gasteiger partial charge in [0, 0.05) is 19.8 Å². The number of pyridine rings is 1. The van der Waals surface area contributed by atoms with Crippen molar-refractivity contribution < 1.29 is 13.9 Å². The quantitative estimate of drug-likeness (QED) is 0.510. The lowest BCUT2D eigenvalue weighted by molar-refractivity contribution is -0.117. The van der Waals surface area contributed by atoms with Crippen LogP contribution in [0.15, 0.2) is 48.6 Å². The summed E-state index contributed by atoms with van der Waals surface area (Å²) < 4.78 is 18.4. The van der Waals surface area contributed by atoms with E-state index in [1.165, 1.54) is 12.3 Å². The van der Waals surface area contributed by atoms with Gasteiger partial charge in [0.1, 0.15) is 17.3 Å². The van der Waals surface area contributed by atoms with Gasteiger partial charge in [0.05, 0.1) is 25.2 Å². The van der Waals surface area contributed by atoms with E-state index in [4.69, 9.17) is 4.74 Å². The summed E-state index contributed by atoms with van der Waals surface area (Å²) in [6.07, 6.45) is 5.90. The zero-order chi connectivity index (χ0) is 20.1. The molecule has 1 aromatic heterocycles. The monoisotopic (exact) mass is 385 g/mol. The van der Waals surface area contributed by atoms with Crippen molar-refractivity contribution in [3.8, 4) is 5.75 Å². The number of hydrazine groups is 2. The lowest BCUT2D eigenvalue weighted by Gasteiger charge is -2.23. The Bertz CT molecular complexity index is 887. The smallest absolute Gasteiger partial charge is 0.271 e. The predicted molar refractivity (Wildman–Crippen MR) is 105 cm³/mol. The van der Waals surface area contributed by atoms with Crippen molar-refractivity contribution in [2.24, 2.45) is 0 Å². The molecule has 0 unspecified atom stereocenters. The highest BCUT2D eigenvalue weighted by molar-refractivity contribution is 5.96. The number of amides is 1. The van der Waals surface area contributed by atoms with Gasteiger partial charge < -0.3 is 10.1 Å². The number of carbonyl (C=O) groups excluding carboxylic acids is 1. The molecule has 148 valence electrons. The van der Waals surface area contributed by atoms with Gasteiger partial charge in [-0.1, -0.05) is 0 Å². The first kappa shape index (κ1) is 19.6. The number of hydrogen-bond acceptors (Lipinski definition) is 6. The molecule has 0 bridgehead atoms. The van der Waals surface area contributed by atoms with Crippen LogP contribution in [0.4, 0.5) is 10.1 Å². The number of aryl methyl sites for hydroxylation is 2. The van der Waals surface area contributed by atoms with Crippen LogP contribution < -0.4 is 20.6 Å². The van der Waals surface area contributed by atoms with E-state index in [-0.39, 0.29) is 11.7 Å². The maximum atomic E-state index is 13.1. The maximum absolute atomic E-state index is 13.1. The second-order valence-electron chi connectivity index (χ2n) is 6.57. The lowest BCUT2D eigenvalue weighted by atomic mass is 10.1. The van der Waals surface area contributed by atoms with E-state index < -0.39 is 0 Å². The molecule has 7 nitrogen and oxygen atoms in total. The average Bonchev–Trinajstić information content (AvgIpc) is 3.44. The SMILES string of the molecule is COc1ccc(N(C)NN2C=C2C(=O)NCCCc2cncc(F)c2)cc1C. The number of aromatic nitrogens is 1. The van der Waals surface area contributed by atoms with E-state index in [1.54, 1.807) is 24.5 Å². The van der Waals surface area contributed by atoms with E-state index in [2.05, 4.69) is 15.8 Å². The Kier molecular flexibility index (Phi) is 6.10. The van der Waals surface area contributed by atoms with Crippen molar-refractivity contribution in [2.45, 2.75) is 19.8 Å². The third-order valence-corrected chi connectivity index (χ3v) is 4.39. The maximum Gasteiger partial charge on any atom is 0.271 e. The number of benzene rings is 1. The fourth-order valence-corrected chi connectivity index (χ4v) is 2.81. The van der Waals surface area contributed by atoms with E-state index in [0.29, 0.717) is 25.1 Å². The molecule has 1 amide bonds. The van der Waals surface area contributed by atoms with Gasteiger partial charge in [0.25, 0.3) is 5.91 Å². The molecular weight excluding hydrogens is 361 g/mol. The third kappa shape index (κ3) is 4.98. The molecule has 0 aliphatic carbocycles. The number of halogens is 1. The Hall–Kier alpha value is -3.13. The van der Waals surface area contributed by atoms with Crippen LogP contribution in [0.1, 0.15) is 17.5 Å². The van der Waals surface area contributed by atoms with Gasteiger partial charge >= 0.3 is 0 Å². The van der Waals surface area contributed by atoms with Gasteiger partial charge in [0.15, 0.2) is 0 Å². The molecular formula is C20H24FN5O2. The summed E-state index contributed by atoms with van der Waals surface area (Å²) in [5, 5.41) is 6.34. The van der Waals surface area contributed by atoms with E-state index >= 15 is 0 Å². The zero-order valence-electron chi connectivity index (χ0n) is 16.2. The minimum Gasteiger partial charge on any atom is -0.496 e. The summed E-state index contributed by atoms with van der Waals surface area (Å²) in [6, 6.07) is 7.29. The molecule has 1 aliphatic rings. The first-order valence-corrected chi connectivity index (χ1v) is 9.01. The van der Waals surface area contributed by atoms with Crippen molar-refractivity contribution in [3.05, 3.63) is 65.5 Å². The molecule has 0 saturated carbocycles. The second kappa shape index (κ2) is 8.71. The van der Waals surface area contributed by atoms with Crippen LogP contribution in [0.3, 0.4) is 0 Å². The minimum atomic E-state index is -0.345. The van der Waals surface area contributed by atoms with Crippen LogP contribution in [0.2, 0.25) is 0 Å². The minimum absolute atomic E-state index is 0.149. The summed E-state index contributed by atoms with van der Waals surface area (Å²) in [6.45, 7) is 2.48. The number of carbonyl (C=O) groups is 1. The van der Waals surface area contributed by atoms with Gasteiger partial charge in [-0.2, -0.15) is 0 Å². The molecule has 1 aromatic carbocycles. The summed E-state index contributed by atoms with van der Waals surface area (Å²) in [7, 11) is 3.51. The highest BCUT2D eigenvalue weighted by atomic mass is 19.1. The number of hydrogen-bond donors (Lipinski definition) is 2. The molecule has 8 heteroatoms. The molecule has 3 rings (SSSR count). The number of anilines is 1. The van der Waals surface area contributed by atoms with E-state index in [1.807, 2.05) is 37.2 Å². The Balaban J connectivity index is 1.39. The molecule has 0 saturated heterocycles. The molecule has 28 heavy (non-hydrogen) atoms. The lowest BCUT2D eigenvalue weighted by Crippen LogP contribution is -2.41. The van der Waals surface area contributed by atoms with Crippen LogP contribution >= 0.6 is 0 Å². The fraction of sp³-hybridized carbons (Fsp3) is 0.300. The number of nitrogens with one attached hydrogen (secondary N) is 2. The van der Waals surface area contributed by atoms with Crippen LogP contribution in [-0.4, -0.2) is 36.6 Å². The Morgan fingerprint density at radius 1 is 1.32 bits per heavy atom. The van der Waals surface area contributed by atoms with Gasteiger partial charge in [-0.3, -0.25) is 19.8 Å². The van der Waals surface area contributed by atoms with Crippen LogP contribution in [0, 0.1) is 12.7 Å². The van der Waals surface area contributed by atoms with Crippen molar-refractivity contribution in [1.29, 1.82) is 0 Å². The standard InChI is InChI=1S/C20H24FN5O2/c1-14-9-17(6-7-19(14)28-3)25(2)24-26-13-18(26)20(27)23-8-4-5-15-10-16(21)12-22-11-15/h6-7,9-13,24H,4-5,8H2,1-3H3,(H,23,27). The summed E-state index contributed by atoms with van der Waals surface area (Å²) in [4.78, 5) is 16.0. The van der Waals surface area contributed by atoms with Crippen LogP contribution in [0.25, 0.3) is 0 Å². The van der Waals surface area contributed by atoms with Crippen molar-refractivity contribution >= 4 is 11.6 Å². The topological polar surface area (TPSA) is 69.5 Å². The number of nitrogens with zero attached hydrogens (tertiary/aromatic N) is 3. The number of methoxy groups -OCH3 is 1. The normalized spacial score (nSPS) is 12.4. The highest BCUT2D eigenvalue weighted by Crippen LogP contribution is 2.24. The predicted octanol–water partition coefficient (Wildman–Crippen LogP) is 2.30. The zero-order valence-corrected chi connectivity index (χ0v) is 16.2. The van der Waals surface area contributed by atoms with E-state index in [9.17, 15) is 9.18 Å². The van der Waals surface area contributed by atoms with Gasteiger partial charge in [0.2, 0.25) is 0 Å². The molecule has 2 aromatic rings. The molecule has 2 heterocycles. The third-order valence-electron chi connectivity index (χ3n) is 4.39. The fourth-order valence-electron chi connectivity index (χ4n) is 2.81. The highest BCUT2D eigenvalue weighted by Gasteiger charge is 2.29. The van der Waals surface area contributed by atoms with Gasteiger partial charge in [-0.05, 0) is 55.2 Å². The number of ether oxygens (including phenoxy) is 1. The van der Waals surface area contributed by atoms with E-state index in [0.717, 1.165) is 22.6 Å². The van der Waals surface area contributed by atoms with Crippen LogP contribution in [0.5, 0.6) is 5.75 Å². The average molecular weight is 385 g/mol. The summed E-state index contributed by atoms with van der Waals surface area (Å²) in [5.41, 5.74) is 6.46. The Morgan fingerprint density at radius 3 is 2.86 bits per heavy atom. The number of rotatable bonds is 9. The summed E-state index contributed by atoms with van der Waals surface area (Å²) in [5.74, 6) is 0.336. The molecule has 0 fully saturated rings. The second-order valence-corrected chi connectivity index (χ2v) is 6.57. The molecule has 0 spiro atoms. The van der Waals surface area contributed by atoms with Crippen LogP contribution in [-0.2, 0) is 11.2 Å². The van der Waals surface area contributed by atoms with Gasteiger partial charge in [-0.25, -0.2) is 4.39 Å². The Labute approximate surface area is 163 Å².